The van der Waals surface area contributed by atoms with Crippen LogP contribution < -0.4 is 16.0 Å². The normalized spacial score (nSPS) is 32.6. The van der Waals surface area contributed by atoms with Gasteiger partial charge in [-0.05, 0) is 127 Å². The number of ether oxygens (including phenoxy) is 1. The van der Waals surface area contributed by atoms with Gasteiger partial charge in [0.25, 0.3) is 0 Å². The highest BCUT2D eigenvalue weighted by molar-refractivity contribution is 6.20. The quantitative estimate of drug-likeness (QED) is 0.147. The Balaban J connectivity index is 1.43. The van der Waals surface area contributed by atoms with Gasteiger partial charge in [-0.25, -0.2) is 0 Å². The number of carbonyl (C=O) groups is 11. The summed E-state index contributed by atoms with van der Waals surface area (Å²) in [7, 11) is 7.47. The number of likely N-dealkylation sites (N-methyl/N-ethyl adjacent to an activating group) is 6. The van der Waals surface area contributed by atoms with E-state index in [2.05, 4.69) is 22.9 Å². The van der Waals surface area contributed by atoms with E-state index < -0.39 is 167 Å². The van der Waals surface area contributed by atoms with Gasteiger partial charge in [0.15, 0.2) is 0 Å². The Labute approximate surface area is 591 Å². The lowest BCUT2D eigenvalue weighted by atomic mass is 9.78. The van der Waals surface area contributed by atoms with Crippen LogP contribution in [0, 0.1) is 41.4 Å². The number of nitrogens with zero attached hydrogens (tertiary/aromatic N) is 8. The summed E-state index contributed by atoms with van der Waals surface area (Å²) in [6.45, 7) is 19.9. The largest absolute Gasteiger partial charge is 0.393 e. The van der Waals surface area contributed by atoms with Gasteiger partial charge in [-0.15, -0.1) is 11.6 Å². The van der Waals surface area contributed by atoms with Crippen molar-refractivity contribution in [1.82, 2.24) is 55.1 Å². The van der Waals surface area contributed by atoms with E-state index in [1.165, 1.54) is 67.4 Å². The van der Waals surface area contributed by atoms with Crippen LogP contribution in [0.5, 0.6) is 0 Å². The Morgan fingerprint density at radius 3 is 1.82 bits per heavy atom. The van der Waals surface area contributed by atoms with E-state index in [1.54, 1.807) is 41.7 Å². The van der Waals surface area contributed by atoms with Crippen molar-refractivity contribution in [1.29, 1.82) is 0 Å². The first-order valence-corrected chi connectivity index (χ1v) is 37.4. The Morgan fingerprint density at radius 2 is 1.26 bits per heavy atom. The van der Waals surface area contributed by atoms with Gasteiger partial charge in [-0.2, -0.15) is 13.2 Å². The third-order valence-corrected chi connectivity index (χ3v) is 23.7. The summed E-state index contributed by atoms with van der Waals surface area (Å²) in [5.74, 6) is -8.94. The summed E-state index contributed by atoms with van der Waals surface area (Å²) in [5.41, 5.74) is -1.54. The minimum Gasteiger partial charge on any atom is -0.377 e. The number of halogens is 4. The molecule has 3 unspecified atom stereocenters. The fraction of sp³-hybridized carbons (Fsp3) is 0.847. The Hall–Kier alpha value is -5.79. The number of carbonyl (C=O) groups excluding carboxylic acids is 11. The fourth-order valence-electron chi connectivity index (χ4n) is 15.9. The van der Waals surface area contributed by atoms with Crippen LogP contribution in [0.4, 0.5) is 13.2 Å². The number of alkyl halides is 4. The molecule has 562 valence electrons. The summed E-state index contributed by atoms with van der Waals surface area (Å²) >= 11 is 6.44. The smallest absolute Gasteiger partial charge is 0.377 e. The van der Waals surface area contributed by atoms with Gasteiger partial charge >= 0.3 is 6.18 Å². The van der Waals surface area contributed by atoms with Crippen molar-refractivity contribution in [2.24, 2.45) is 41.4 Å². The second-order valence-electron chi connectivity index (χ2n) is 30.6. The predicted octanol–water partition coefficient (Wildman–Crippen LogP) is 7.14. The van der Waals surface area contributed by atoms with E-state index >= 15 is 28.8 Å². The maximum absolute atomic E-state index is 15.5. The molecule has 3 N–H and O–H groups in total. The monoisotopic (exact) mass is 1420 g/mol. The van der Waals surface area contributed by atoms with Gasteiger partial charge in [-0.1, -0.05) is 99.8 Å². The first-order chi connectivity index (χ1) is 46.5. The fourth-order valence-corrected chi connectivity index (χ4v) is 16.5. The van der Waals surface area contributed by atoms with Crippen LogP contribution in [0.2, 0.25) is 0 Å². The Morgan fingerprint density at radius 1 is 0.636 bits per heavy atom. The molecule has 1 spiro atoms. The minimum absolute atomic E-state index is 0.00131. The summed E-state index contributed by atoms with van der Waals surface area (Å²) in [4.78, 5) is 176. The SMILES string of the molecule is CCO[C@@H]1C[C@H]2C(=O)NC3(CCCC3)C(=O)N(C)[C@@H]([C@@H](C)CC)C(=O)N(C)[C@H](C)CC(=O)N(C)[C@@H](CC(C)C)C(=O)N[C@@H]([C@@H](C)CC)C(=O)N(C)[C@@H](C)C(=O)N3CC[C@H]3C(=O)N(CC)[C@@H](CC3CCC(C)CC3)C(=O)N(C)CC(=O)N[C@@H](CCC3CCC(C(F)(F)F)C(Cl)C3)C(=O)N2C1. The molecule has 0 aromatic carbocycles. The number of rotatable bonds is 14. The molecular weight excluding hydrogens is 1300 g/mol. The van der Waals surface area contributed by atoms with Crippen LogP contribution in [-0.2, 0) is 57.5 Å². The van der Waals surface area contributed by atoms with Crippen molar-refractivity contribution >= 4 is 76.6 Å². The van der Waals surface area contributed by atoms with Crippen LogP contribution >= 0.6 is 11.6 Å². The van der Waals surface area contributed by atoms with Crippen LogP contribution in [-0.4, -0.2) is 250 Å². The molecule has 3 aliphatic carbocycles. The lowest BCUT2D eigenvalue weighted by molar-refractivity contribution is -0.182. The van der Waals surface area contributed by atoms with E-state index in [0.717, 1.165) is 25.7 Å². The minimum atomic E-state index is -4.51. The zero-order valence-corrected chi connectivity index (χ0v) is 62.8. The molecule has 3 saturated heterocycles. The van der Waals surface area contributed by atoms with Gasteiger partial charge in [0.05, 0.1) is 18.6 Å². The number of fused-ring (bicyclic) bond motifs is 2. The molecule has 6 rings (SSSR count). The van der Waals surface area contributed by atoms with Gasteiger partial charge < -0.3 is 59.9 Å². The van der Waals surface area contributed by atoms with Gasteiger partial charge in [0.2, 0.25) is 65.0 Å². The molecule has 3 aliphatic heterocycles. The second kappa shape index (κ2) is 35.9. The Kier molecular flexibility index (Phi) is 29.8. The topological polar surface area (TPSA) is 259 Å². The van der Waals surface area contributed by atoms with Crippen molar-refractivity contribution in [3.63, 3.8) is 0 Å². The molecule has 0 aromatic rings. The van der Waals surface area contributed by atoms with E-state index in [4.69, 9.17) is 16.3 Å². The van der Waals surface area contributed by atoms with E-state index in [1.807, 2.05) is 34.6 Å². The van der Waals surface area contributed by atoms with Crippen molar-refractivity contribution in [3.05, 3.63) is 0 Å². The molecule has 6 fully saturated rings. The highest BCUT2D eigenvalue weighted by atomic mass is 35.5. The summed E-state index contributed by atoms with van der Waals surface area (Å²) in [5, 5.41) is 7.69. The molecular formula is C72H119ClF3N11O12. The lowest BCUT2D eigenvalue weighted by Gasteiger charge is -2.46. The first kappa shape index (κ1) is 82.2. The Bertz CT molecular complexity index is 2840. The lowest BCUT2D eigenvalue weighted by Crippen LogP contribution is -2.65. The third-order valence-electron chi connectivity index (χ3n) is 23.2. The van der Waals surface area contributed by atoms with Crippen molar-refractivity contribution in [2.45, 2.75) is 282 Å². The highest BCUT2D eigenvalue weighted by Gasteiger charge is 2.53. The van der Waals surface area contributed by atoms with Crippen molar-refractivity contribution in [2.75, 3.05) is 68.0 Å². The molecule has 99 heavy (non-hydrogen) atoms. The van der Waals surface area contributed by atoms with Crippen molar-refractivity contribution in [3.8, 4) is 0 Å². The number of amides is 11. The molecule has 0 aromatic heterocycles. The summed E-state index contributed by atoms with van der Waals surface area (Å²) < 4.78 is 48.3. The van der Waals surface area contributed by atoms with E-state index in [0.29, 0.717) is 31.6 Å². The zero-order valence-electron chi connectivity index (χ0n) is 62.1. The number of hydrogen-bond donors (Lipinski definition) is 3. The second-order valence-corrected chi connectivity index (χ2v) is 31.1. The molecule has 6 aliphatic rings. The third kappa shape index (κ3) is 19.9. The number of hydrogen-bond acceptors (Lipinski definition) is 12. The summed E-state index contributed by atoms with van der Waals surface area (Å²) in [6.07, 6.45) is 1.06. The molecule has 3 saturated carbocycles. The van der Waals surface area contributed by atoms with Crippen LogP contribution in [0.3, 0.4) is 0 Å². The van der Waals surface area contributed by atoms with Gasteiger partial charge in [0, 0.05) is 85.7 Å². The molecule has 27 heteroatoms. The predicted molar refractivity (Wildman–Crippen MR) is 370 cm³/mol. The average Bonchev–Trinajstić information content (AvgIpc) is 1.77. The molecule has 11 amide bonds. The maximum atomic E-state index is 15.5. The zero-order chi connectivity index (χ0) is 73.9. The number of nitrogens with one attached hydrogen (secondary N) is 3. The van der Waals surface area contributed by atoms with Crippen LogP contribution in [0.25, 0.3) is 0 Å². The van der Waals surface area contributed by atoms with Gasteiger partial charge in [0.1, 0.15) is 53.9 Å². The standard InChI is InChI=1S/C72H119ClF3N11O12/c1-17-44(8)60-68(96)82(14)47(11)64(92)86-34-31-54(86)67(95)85(19-3)57(38-49-25-23-43(7)24-26-49)66(94)80(12)41-58(88)77-53(30-28-48-27-29-51(52(73)37-48)72(74,75)76)65(93)87-40-50(99-20-4)39-56(87)63(91)79-71(32-21-22-33-71)70(98)84(16)61(45(9)18-2)69(97)81(13)46(10)36-59(89)83(15)55(35-42(5)6)62(90)78-60/h42-57,60-61H,17-41H2,1-16H3,(H,77,88)(H,78,90)(H,79,91)/t43?,44-,45-,46+,47-,48?,49?,50+,51?,52?,53-,54-,55-,56-,57-,60-,61-/m0/s1. The molecule has 0 bridgehead atoms. The highest BCUT2D eigenvalue weighted by Crippen LogP contribution is 2.44. The molecule has 3 heterocycles. The van der Waals surface area contributed by atoms with Crippen LogP contribution in [0.15, 0.2) is 0 Å². The van der Waals surface area contributed by atoms with E-state index in [-0.39, 0.29) is 121 Å². The summed E-state index contributed by atoms with van der Waals surface area (Å²) in [6, 6.07) is -9.92. The molecule has 23 nitrogen and oxygen atoms in total. The average molecular weight is 1420 g/mol. The molecule has 0 radical (unpaired) electrons. The maximum Gasteiger partial charge on any atom is 0.393 e. The first-order valence-electron chi connectivity index (χ1n) is 36.9. The molecule has 15 atom stereocenters. The van der Waals surface area contributed by atoms with Gasteiger partial charge in [-0.3, -0.25) is 52.7 Å². The van der Waals surface area contributed by atoms with Crippen LogP contribution in [0.1, 0.15) is 205 Å². The van der Waals surface area contributed by atoms with Crippen molar-refractivity contribution < 1.29 is 70.6 Å². The van der Waals surface area contributed by atoms with E-state index in [9.17, 15) is 37.1 Å².